The third kappa shape index (κ3) is 2.13. The van der Waals surface area contributed by atoms with Crippen molar-refractivity contribution in [2.75, 3.05) is 20.1 Å². The zero-order chi connectivity index (χ0) is 13.3. The monoisotopic (exact) mass is 247 g/mol. The Labute approximate surface area is 106 Å². The molecule has 1 fully saturated rings. The van der Waals surface area contributed by atoms with Crippen LogP contribution in [0.3, 0.4) is 0 Å². The number of nitrogens with two attached hydrogens (primary N) is 1. The number of nitriles is 1. The van der Waals surface area contributed by atoms with Crippen molar-refractivity contribution in [3.8, 4) is 17.6 Å². The molecular formula is C13H17N3O2. The summed E-state index contributed by atoms with van der Waals surface area (Å²) in [5, 5.41) is 28.3. The quantitative estimate of drug-likeness (QED) is 0.722. The molecule has 0 radical (unpaired) electrons. The summed E-state index contributed by atoms with van der Waals surface area (Å²) < 4.78 is 0. The molecular weight excluding hydrogens is 230 g/mol. The van der Waals surface area contributed by atoms with Crippen LogP contribution >= 0.6 is 0 Å². The lowest BCUT2D eigenvalue weighted by Crippen LogP contribution is -2.20. The Morgan fingerprint density at radius 1 is 1.44 bits per heavy atom. The zero-order valence-corrected chi connectivity index (χ0v) is 10.3. The Morgan fingerprint density at radius 2 is 2.17 bits per heavy atom. The molecule has 1 aliphatic rings. The molecule has 96 valence electrons. The minimum absolute atomic E-state index is 0.0287. The second-order valence-electron chi connectivity index (χ2n) is 4.83. The maximum atomic E-state index is 9.92. The minimum atomic E-state index is -0.185. The number of rotatable bonds is 2. The molecule has 0 bridgehead atoms. The molecule has 1 saturated heterocycles. The summed E-state index contributed by atoms with van der Waals surface area (Å²) in [7, 11) is 1.97. The summed E-state index contributed by atoms with van der Waals surface area (Å²) in [5.41, 5.74) is 6.54. The first-order valence-corrected chi connectivity index (χ1v) is 5.93. The highest BCUT2D eigenvalue weighted by Gasteiger charge is 2.31. The normalized spacial score (nSPS) is 24.1. The van der Waals surface area contributed by atoms with Gasteiger partial charge in [0.25, 0.3) is 0 Å². The van der Waals surface area contributed by atoms with E-state index in [-0.39, 0.29) is 23.1 Å². The molecule has 2 unspecified atom stereocenters. The standard InChI is InChI=1S/C13H17N3O2/c1-16-7-8(5-14)2-11(16)10-3-9(6-15)12(17)4-13(10)18/h3-4,8,11,17-18H,2,5,7,14H2,1H3. The van der Waals surface area contributed by atoms with Gasteiger partial charge in [-0.05, 0) is 32.0 Å². The van der Waals surface area contributed by atoms with E-state index in [0.29, 0.717) is 18.0 Å². The van der Waals surface area contributed by atoms with E-state index in [0.717, 1.165) is 13.0 Å². The van der Waals surface area contributed by atoms with E-state index in [1.54, 1.807) is 6.07 Å². The van der Waals surface area contributed by atoms with Crippen molar-refractivity contribution in [3.05, 3.63) is 23.3 Å². The second kappa shape index (κ2) is 4.84. The fourth-order valence-electron chi connectivity index (χ4n) is 2.59. The maximum Gasteiger partial charge on any atom is 0.137 e. The van der Waals surface area contributed by atoms with Crippen LogP contribution in [0.5, 0.6) is 11.5 Å². The van der Waals surface area contributed by atoms with Crippen LogP contribution < -0.4 is 5.73 Å². The van der Waals surface area contributed by atoms with Gasteiger partial charge in [-0.2, -0.15) is 5.26 Å². The van der Waals surface area contributed by atoms with E-state index >= 15 is 0 Å². The van der Waals surface area contributed by atoms with Gasteiger partial charge in [-0.25, -0.2) is 0 Å². The summed E-state index contributed by atoms with van der Waals surface area (Å²) in [6.07, 6.45) is 0.857. The summed E-state index contributed by atoms with van der Waals surface area (Å²) in [4.78, 5) is 2.12. The Bertz CT molecular complexity index is 496. The van der Waals surface area contributed by atoms with Gasteiger partial charge in [0, 0.05) is 24.2 Å². The first kappa shape index (κ1) is 12.7. The molecule has 4 N–H and O–H groups in total. The molecule has 5 heteroatoms. The summed E-state index contributed by atoms with van der Waals surface area (Å²) in [6, 6.07) is 4.76. The van der Waals surface area contributed by atoms with Crippen LogP contribution in [-0.2, 0) is 0 Å². The third-order valence-corrected chi connectivity index (χ3v) is 3.59. The highest BCUT2D eigenvalue weighted by atomic mass is 16.3. The van der Waals surface area contributed by atoms with Gasteiger partial charge in [-0.1, -0.05) is 0 Å². The predicted octanol–water partition coefficient (Wildman–Crippen LogP) is 0.921. The topological polar surface area (TPSA) is 93.5 Å². The lowest BCUT2D eigenvalue weighted by Gasteiger charge is -2.21. The van der Waals surface area contributed by atoms with Crippen LogP contribution in [-0.4, -0.2) is 35.3 Å². The van der Waals surface area contributed by atoms with Gasteiger partial charge in [-0.15, -0.1) is 0 Å². The first-order valence-electron chi connectivity index (χ1n) is 5.93. The van der Waals surface area contributed by atoms with Crippen molar-refractivity contribution in [1.82, 2.24) is 4.90 Å². The van der Waals surface area contributed by atoms with Crippen LogP contribution in [0, 0.1) is 17.2 Å². The van der Waals surface area contributed by atoms with Crippen molar-refractivity contribution in [1.29, 1.82) is 5.26 Å². The number of benzene rings is 1. The number of nitrogens with zero attached hydrogens (tertiary/aromatic N) is 2. The van der Waals surface area contributed by atoms with Crippen molar-refractivity contribution in [2.45, 2.75) is 12.5 Å². The fraction of sp³-hybridized carbons (Fsp3) is 0.462. The largest absolute Gasteiger partial charge is 0.507 e. The number of hydrogen-bond acceptors (Lipinski definition) is 5. The van der Waals surface area contributed by atoms with Crippen LogP contribution in [0.25, 0.3) is 0 Å². The molecule has 0 aliphatic carbocycles. The molecule has 18 heavy (non-hydrogen) atoms. The second-order valence-corrected chi connectivity index (χ2v) is 4.83. The molecule has 2 rings (SSSR count). The van der Waals surface area contributed by atoms with Crippen molar-refractivity contribution in [2.24, 2.45) is 11.7 Å². The smallest absolute Gasteiger partial charge is 0.137 e. The van der Waals surface area contributed by atoms with Crippen molar-refractivity contribution in [3.63, 3.8) is 0 Å². The highest BCUT2D eigenvalue weighted by molar-refractivity contribution is 5.51. The maximum absolute atomic E-state index is 9.92. The van der Waals surface area contributed by atoms with Gasteiger partial charge >= 0.3 is 0 Å². The van der Waals surface area contributed by atoms with Gasteiger partial charge < -0.3 is 15.9 Å². The molecule has 1 heterocycles. The lowest BCUT2D eigenvalue weighted by molar-refractivity contribution is 0.305. The Morgan fingerprint density at radius 3 is 2.72 bits per heavy atom. The summed E-state index contributed by atoms with van der Waals surface area (Å²) >= 11 is 0. The number of aromatic hydroxyl groups is 2. The fourth-order valence-corrected chi connectivity index (χ4v) is 2.59. The molecule has 1 aromatic rings. The van der Waals surface area contributed by atoms with Crippen LogP contribution in [0.4, 0.5) is 0 Å². The average molecular weight is 247 g/mol. The van der Waals surface area contributed by atoms with Gasteiger partial charge in [0.05, 0.1) is 5.56 Å². The molecule has 0 spiro atoms. The van der Waals surface area contributed by atoms with Gasteiger partial charge in [-0.3, -0.25) is 4.90 Å². The molecule has 0 saturated carbocycles. The molecule has 2 atom stereocenters. The van der Waals surface area contributed by atoms with E-state index in [4.69, 9.17) is 11.0 Å². The number of likely N-dealkylation sites (tertiary alicyclic amines) is 1. The number of hydrogen-bond donors (Lipinski definition) is 3. The van der Waals surface area contributed by atoms with Crippen molar-refractivity contribution >= 4 is 0 Å². The Balaban J connectivity index is 2.37. The minimum Gasteiger partial charge on any atom is -0.507 e. The highest BCUT2D eigenvalue weighted by Crippen LogP contribution is 2.40. The summed E-state index contributed by atoms with van der Waals surface area (Å²) in [6.45, 7) is 1.49. The van der Waals surface area contributed by atoms with E-state index in [9.17, 15) is 10.2 Å². The Hall–Kier alpha value is -1.77. The van der Waals surface area contributed by atoms with Crippen LogP contribution in [0.1, 0.15) is 23.6 Å². The lowest BCUT2D eigenvalue weighted by atomic mass is 9.97. The van der Waals surface area contributed by atoms with Gasteiger partial charge in [0.1, 0.15) is 17.6 Å². The van der Waals surface area contributed by atoms with E-state index in [1.807, 2.05) is 13.1 Å². The van der Waals surface area contributed by atoms with E-state index in [1.165, 1.54) is 6.07 Å². The molecule has 0 aromatic heterocycles. The molecule has 1 aliphatic heterocycles. The van der Waals surface area contributed by atoms with Crippen LogP contribution in [0.15, 0.2) is 12.1 Å². The van der Waals surface area contributed by atoms with Crippen LogP contribution in [0.2, 0.25) is 0 Å². The zero-order valence-electron chi connectivity index (χ0n) is 10.3. The molecule has 0 amide bonds. The molecule has 1 aromatic carbocycles. The summed E-state index contributed by atoms with van der Waals surface area (Å²) in [5.74, 6) is 0.245. The predicted molar refractivity (Wildman–Crippen MR) is 67.0 cm³/mol. The van der Waals surface area contributed by atoms with E-state index < -0.39 is 0 Å². The SMILES string of the molecule is CN1CC(CN)CC1c1cc(C#N)c(O)cc1O. The number of phenolic OH excluding ortho intramolecular Hbond substituents is 2. The Kier molecular flexibility index (Phi) is 3.41. The number of phenols is 2. The van der Waals surface area contributed by atoms with Gasteiger partial charge in [0.15, 0.2) is 0 Å². The average Bonchev–Trinajstić information content (AvgIpc) is 2.71. The van der Waals surface area contributed by atoms with Gasteiger partial charge in [0.2, 0.25) is 0 Å². The third-order valence-electron chi connectivity index (χ3n) is 3.59. The van der Waals surface area contributed by atoms with Crippen molar-refractivity contribution < 1.29 is 10.2 Å². The first-order chi connectivity index (χ1) is 8.56. The molecule has 5 nitrogen and oxygen atoms in total. The van der Waals surface area contributed by atoms with E-state index in [2.05, 4.69) is 4.90 Å².